The van der Waals surface area contributed by atoms with Crippen LogP contribution in [0.5, 0.6) is 0 Å². The van der Waals surface area contributed by atoms with Crippen molar-refractivity contribution in [1.82, 2.24) is 9.55 Å². The summed E-state index contributed by atoms with van der Waals surface area (Å²) < 4.78 is 15.1. The SMILES string of the molecule is Cc1ccc2c(c1)nc(N)n2CCc1ccc(F)cc1C. The molecule has 0 unspecified atom stereocenters. The van der Waals surface area contributed by atoms with Gasteiger partial charge in [-0.05, 0) is 61.2 Å². The largest absolute Gasteiger partial charge is 0.369 e. The van der Waals surface area contributed by atoms with Gasteiger partial charge in [-0.2, -0.15) is 0 Å². The van der Waals surface area contributed by atoms with Gasteiger partial charge in [0, 0.05) is 6.54 Å². The summed E-state index contributed by atoms with van der Waals surface area (Å²) >= 11 is 0. The van der Waals surface area contributed by atoms with Gasteiger partial charge < -0.3 is 10.3 Å². The highest BCUT2D eigenvalue weighted by atomic mass is 19.1. The molecule has 108 valence electrons. The number of aryl methyl sites for hydroxylation is 4. The molecule has 3 nitrogen and oxygen atoms in total. The van der Waals surface area contributed by atoms with Crippen LogP contribution in [-0.4, -0.2) is 9.55 Å². The average Bonchev–Trinajstić information content (AvgIpc) is 2.72. The topological polar surface area (TPSA) is 43.8 Å². The van der Waals surface area contributed by atoms with E-state index >= 15 is 0 Å². The monoisotopic (exact) mass is 283 g/mol. The van der Waals surface area contributed by atoms with Crippen molar-refractivity contribution in [2.24, 2.45) is 0 Å². The highest BCUT2D eigenvalue weighted by Gasteiger charge is 2.09. The second-order valence-corrected chi connectivity index (χ2v) is 5.43. The molecule has 0 amide bonds. The van der Waals surface area contributed by atoms with E-state index < -0.39 is 0 Å². The van der Waals surface area contributed by atoms with E-state index in [1.165, 1.54) is 11.6 Å². The van der Waals surface area contributed by atoms with Gasteiger partial charge in [-0.25, -0.2) is 9.37 Å². The summed E-state index contributed by atoms with van der Waals surface area (Å²) in [7, 11) is 0. The number of halogens is 1. The molecule has 0 aliphatic rings. The Kier molecular flexibility index (Phi) is 3.37. The van der Waals surface area contributed by atoms with E-state index in [2.05, 4.69) is 11.1 Å². The Morgan fingerprint density at radius 1 is 1.14 bits per heavy atom. The number of hydrogen-bond donors (Lipinski definition) is 1. The van der Waals surface area contributed by atoms with Crippen LogP contribution in [0.4, 0.5) is 10.3 Å². The molecular weight excluding hydrogens is 265 g/mol. The maximum atomic E-state index is 13.1. The molecule has 21 heavy (non-hydrogen) atoms. The first-order chi connectivity index (χ1) is 10.0. The fourth-order valence-electron chi connectivity index (χ4n) is 2.67. The van der Waals surface area contributed by atoms with E-state index in [1.54, 1.807) is 6.07 Å². The first-order valence-corrected chi connectivity index (χ1v) is 7.02. The lowest BCUT2D eigenvalue weighted by Crippen LogP contribution is -2.06. The third kappa shape index (κ3) is 2.61. The first-order valence-electron chi connectivity index (χ1n) is 7.02. The van der Waals surface area contributed by atoms with Crippen LogP contribution in [-0.2, 0) is 13.0 Å². The maximum absolute atomic E-state index is 13.1. The molecule has 0 saturated carbocycles. The van der Waals surface area contributed by atoms with Crippen LogP contribution in [0.2, 0.25) is 0 Å². The molecule has 1 heterocycles. The summed E-state index contributed by atoms with van der Waals surface area (Å²) in [4.78, 5) is 4.40. The van der Waals surface area contributed by atoms with Gasteiger partial charge in [0.25, 0.3) is 0 Å². The van der Waals surface area contributed by atoms with Crippen molar-refractivity contribution >= 4 is 17.0 Å². The third-order valence-electron chi connectivity index (χ3n) is 3.84. The van der Waals surface area contributed by atoms with Crippen LogP contribution in [0.1, 0.15) is 16.7 Å². The summed E-state index contributed by atoms with van der Waals surface area (Å²) in [5, 5.41) is 0. The van der Waals surface area contributed by atoms with Gasteiger partial charge >= 0.3 is 0 Å². The van der Waals surface area contributed by atoms with Crippen molar-refractivity contribution in [2.75, 3.05) is 5.73 Å². The number of nitrogens with zero attached hydrogens (tertiary/aromatic N) is 2. The number of fused-ring (bicyclic) bond motifs is 1. The number of rotatable bonds is 3. The van der Waals surface area contributed by atoms with E-state index in [1.807, 2.05) is 36.6 Å². The molecule has 0 spiro atoms. The predicted octanol–water partition coefficient (Wildman–Crippen LogP) is 3.62. The summed E-state index contributed by atoms with van der Waals surface area (Å²) in [5.74, 6) is 0.328. The highest BCUT2D eigenvalue weighted by Crippen LogP contribution is 2.20. The van der Waals surface area contributed by atoms with Crippen LogP contribution < -0.4 is 5.73 Å². The van der Waals surface area contributed by atoms with Gasteiger partial charge in [0.05, 0.1) is 11.0 Å². The minimum Gasteiger partial charge on any atom is -0.369 e. The molecule has 4 heteroatoms. The Bertz CT molecular complexity index is 805. The molecule has 0 radical (unpaired) electrons. The number of imidazole rings is 1. The van der Waals surface area contributed by atoms with Gasteiger partial charge in [-0.1, -0.05) is 12.1 Å². The number of aromatic nitrogens is 2. The molecule has 0 bridgehead atoms. The predicted molar refractivity (Wildman–Crippen MR) is 83.7 cm³/mol. The van der Waals surface area contributed by atoms with Crippen molar-refractivity contribution in [3.05, 3.63) is 58.9 Å². The van der Waals surface area contributed by atoms with Crippen LogP contribution >= 0.6 is 0 Å². The van der Waals surface area contributed by atoms with Crippen molar-refractivity contribution < 1.29 is 4.39 Å². The van der Waals surface area contributed by atoms with Crippen molar-refractivity contribution in [2.45, 2.75) is 26.8 Å². The molecule has 1 aromatic heterocycles. The van der Waals surface area contributed by atoms with Gasteiger partial charge in [0.1, 0.15) is 5.82 Å². The summed E-state index contributed by atoms with van der Waals surface area (Å²) in [6.07, 6.45) is 0.801. The number of nitrogen functional groups attached to an aromatic ring is 1. The maximum Gasteiger partial charge on any atom is 0.201 e. The second kappa shape index (κ2) is 5.20. The zero-order chi connectivity index (χ0) is 15.0. The van der Waals surface area contributed by atoms with Crippen LogP contribution in [0.3, 0.4) is 0 Å². The smallest absolute Gasteiger partial charge is 0.201 e. The Morgan fingerprint density at radius 2 is 1.95 bits per heavy atom. The number of benzene rings is 2. The summed E-state index contributed by atoms with van der Waals surface area (Å²) in [5.41, 5.74) is 11.2. The Morgan fingerprint density at radius 3 is 2.71 bits per heavy atom. The van der Waals surface area contributed by atoms with Crippen LogP contribution in [0, 0.1) is 19.7 Å². The highest BCUT2D eigenvalue weighted by molar-refractivity contribution is 5.79. The fourth-order valence-corrected chi connectivity index (χ4v) is 2.67. The van der Waals surface area contributed by atoms with Gasteiger partial charge in [0.15, 0.2) is 0 Å². The lowest BCUT2D eigenvalue weighted by atomic mass is 10.1. The molecule has 3 aromatic rings. The fraction of sp³-hybridized carbons (Fsp3) is 0.235. The third-order valence-corrected chi connectivity index (χ3v) is 3.84. The molecule has 0 fully saturated rings. The normalized spacial score (nSPS) is 11.2. The Labute approximate surface area is 123 Å². The van der Waals surface area contributed by atoms with Gasteiger partial charge in [0.2, 0.25) is 5.95 Å². The lowest BCUT2D eigenvalue weighted by Gasteiger charge is -2.09. The molecule has 0 atom stereocenters. The zero-order valence-electron chi connectivity index (χ0n) is 12.2. The van der Waals surface area contributed by atoms with E-state index in [0.717, 1.165) is 35.1 Å². The van der Waals surface area contributed by atoms with Gasteiger partial charge in [-0.3, -0.25) is 0 Å². The lowest BCUT2D eigenvalue weighted by molar-refractivity contribution is 0.624. The molecular formula is C17H18FN3. The van der Waals surface area contributed by atoms with Gasteiger partial charge in [-0.15, -0.1) is 0 Å². The van der Waals surface area contributed by atoms with Crippen LogP contribution in [0.25, 0.3) is 11.0 Å². The first kappa shape index (κ1) is 13.6. The minimum atomic E-state index is -0.195. The second-order valence-electron chi connectivity index (χ2n) is 5.43. The average molecular weight is 283 g/mol. The molecule has 2 aromatic carbocycles. The van der Waals surface area contributed by atoms with E-state index in [0.29, 0.717) is 5.95 Å². The van der Waals surface area contributed by atoms with Crippen molar-refractivity contribution in [1.29, 1.82) is 0 Å². The van der Waals surface area contributed by atoms with E-state index in [9.17, 15) is 4.39 Å². The molecule has 2 N–H and O–H groups in total. The Hall–Kier alpha value is -2.36. The minimum absolute atomic E-state index is 0.195. The number of nitrogens with two attached hydrogens (primary N) is 1. The number of hydrogen-bond acceptors (Lipinski definition) is 2. The van der Waals surface area contributed by atoms with E-state index in [4.69, 9.17) is 5.73 Å². The quantitative estimate of drug-likeness (QED) is 0.798. The van der Waals surface area contributed by atoms with Crippen molar-refractivity contribution in [3.63, 3.8) is 0 Å². The standard InChI is InChI=1S/C17H18FN3/c1-11-3-6-16-15(9-11)20-17(19)21(16)8-7-13-4-5-14(18)10-12(13)2/h3-6,9-10H,7-8H2,1-2H3,(H2,19,20). The van der Waals surface area contributed by atoms with Crippen molar-refractivity contribution in [3.8, 4) is 0 Å². The molecule has 0 aliphatic heterocycles. The number of anilines is 1. The van der Waals surface area contributed by atoms with E-state index in [-0.39, 0.29) is 5.82 Å². The summed E-state index contributed by atoms with van der Waals surface area (Å²) in [6, 6.07) is 11.0. The zero-order valence-corrected chi connectivity index (χ0v) is 12.2. The molecule has 0 saturated heterocycles. The Balaban J connectivity index is 1.90. The molecule has 3 rings (SSSR count). The molecule has 0 aliphatic carbocycles. The van der Waals surface area contributed by atoms with Crippen LogP contribution in [0.15, 0.2) is 36.4 Å². The summed E-state index contributed by atoms with van der Waals surface area (Å²) in [6.45, 7) is 4.70.